The van der Waals surface area contributed by atoms with Gasteiger partial charge in [0.25, 0.3) is 5.56 Å². The van der Waals surface area contributed by atoms with E-state index in [0.29, 0.717) is 47.9 Å². The van der Waals surface area contributed by atoms with Crippen LogP contribution in [0.25, 0.3) is 10.2 Å². The van der Waals surface area contributed by atoms with E-state index in [1.807, 2.05) is 45.9 Å². The summed E-state index contributed by atoms with van der Waals surface area (Å²) >= 11 is 1.50. The van der Waals surface area contributed by atoms with Crippen LogP contribution in [-0.4, -0.2) is 35.2 Å². The molecular formula is C22H27N3O4S. The van der Waals surface area contributed by atoms with Crippen LogP contribution in [0.1, 0.15) is 29.9 Å². The first-order valence-electron chi connectivity index (χ1n) is 10.0. The number of nitrogens with zero attached hydrogens (tertiary/aromatic N) is 2. The number of hydrogen-bond acceptors (Lipinski definition) is 6. The third-order valence-corrected chi connectivity index (χ3v) is 5.93. The predicted molar refractivity (Wildman–Crippen MR) is 119 cm³/mol. The second kappa shape index (κ2) is 9.75. The number of aromatic nitrogens is 2. The van der Waals surface area contributed by atoms with Gasteiger partial charge in [-0.2, -0.15) is 0 Å². The molecule has 1 aromatic carbocycles. The standard InChI is InChI=1S/C22H27N3O4S/c1-5-28-17-8-7-16(11-18(17)29-6-2)9-10-23-19(26)12-25-13-24-21-20(22(25)27)14(3)15(4)30-21/h7-8,11,13H,5-6,9-10,12H2,1-4H3,(H,23,26). The Bertz CT molecular complexity index is 1100. The molecule has 8 heteroatoms. The summed E-state index contributed by atoms with van der Waals surface area (Å²) in [6, 6.07) is 5.78. The first-order chi connectivity index (χ1) is 14.4. The molecule has 2 heterocycles. The third-order valence-electron chi connectivity index (χ3n) is 4.81. The maximum Gasteiger partial charge on any atom is 0.262 e. The summed E-state index contributed by atoms with van der Waals surface area (Å²) in [5, 5.41) is 3.47. The Balaban J connectivity index is 1.61. The van der Waals surface area contributed by atoms with Gasteiger partial charge in [0.1, 0.15) is 11.4 Å². The van der Waals surface area contributed by atoms with Gasteiger partial charge in [-0.1, -0.05) is 6.07 Å². The number of nitrogens with one attached hydrogen (secondary N) is 1. The van der Waals surface area contributed by atoms with Gasteiger partial charge in [-0.25, -0.2) is 4.98 Å². The smallest absolute Gasteiger partial charge is 0.262 e. The van der Waals surface area contributed by atoms with E-state index in [9.17, 15) is 9.59 Å². The van der Waals surface area contributed by atoms with Crippen LogP contribution in [0, 0.1) is 13.8 Å². The minimum absolute atomic E-state index is 0.0520. The molecule has 1 amide bonds. The summed E-state index contributed by atoms with van der Waals surface area (Å²) in [4.78, 5) is 31.2. The summed E-state index contributed by atoms with van der Waals surface area (Å²) in [5.41, 5.74) is 1.79. The number of ether oxygens (including phenoxy) is 2. The maximum atomic E-state index is 12.7. The lowest BCUT2D eigenvalue weighted by atomic mass is 10.1. The fourth-order valence-electron chi connectivity index (χ4n) is 3.19. The number of carbonyl (C=O) groups excluding carboxylic acids is 1. The van der Waals surface area contributed by atoms with E-state index in [4.69, 9.17) is 9.47 Å². The molecule has 0 aliphatic rings. The Morgan fingerprint density at radius 1 is 1.17 bits per heavy atom. The van der Waals surface area contributed by atoms with Gasteiger partial charge < -0.3 is 14.8 Å². The van der Waals surface area contributed by atoms with Gasteiger partial charge in [0.15, 0.2) is 11.5 Å². The SMILES string of the molecule is CCOc1ccc(CCNC(=O)Cn2cnc3sc(C)c(C)c3c2=O)cc1OCC. The first-order valence-corrected chi connectivity index (χ1v) is 10.9. The van der Waals surface area contributed by atoms with Crippen LogP contribution in [0.5, 0.6) is 11.5 Å². The van der Waals surface area contributed by atoms with Crippen molar-refractivity contribution in [2.75, 3.05) is 19.8 Å². The van der Waals surface area contributed by atoms with E-state index in [2.05, 4.69) is 10.3 Å². The molecule has 0 atom stereocenters. The van der Waals surface area contributed by atoms with E-state index < -0.39 is 0 Å². The Kier molecular flexibility index (Phi) is 7.10. The second-order valence-electron chi connectivity index (χ2n) is 6.89. The molecule has 30 heavy (non-hydrogen) atoms. The summed E-state index contributed by atoms with van der Waals surface area (Å²) < 4.78 is 12.6. The zero-order chi connectivity index (χ0) is 21.7. The van der Waals surface area contributed by atoms with Crippen LogP contribution in [0.4, 0.5) is 0 Å². The minimum atomic E-state index is -0.223. The lowest BCUT2D eigenvalue weighted by molar-refractivity contribution is -0.121. The van der Waals surface area contributed by atoms with E-state index >= 15 is 0 Å². The fourth-order valence-corrected chi connectivity index (χ4v) is 4.18. The summed E-state index contributed by atoms with van der Waals surface area (Å²) in [6.07, 6.45) is 2.09. The number of aryl methyl sites for hydroxylation is 2. The molecule has 0 fully saturated rings. The monoisotopic (exact) mass is 429 g/mol. The van der Waals surface area contributed by atoms with Crippen molar-refractivity contribution < 1.29 is 14.3 Å². The largest absolute Gasteiger partial charge is 0.490 e. The summed E-state index contributed by atoms with van der Waals surface area (Å²) in [5.74, 6) is 1.20. The summed E-state index contributed by atoms with van der Waals surface area (Å²) in [7, 11) is 0. The molecule has 7 nitrogen and oxygen atoms in total. The Morgan fingerprint density at radius 3 is 2.63 bits per heavy atom. The van der Waals surface area contributed by atoms with Gasteiger partial charge in [0, 0.05) is 11.4 Å². The van der Waals surface area contributed by atoms with E-state index in [0.717, 1.165) is 16.0 Å². The topological polar surface area (TPSA) is 82.5 Å². The third kappa shape index (κ3) is 4.81. The van der Waals surface area contributed by atoms with Gasteiger partial charge in [-0.05, 0) is 57.4 Å². The van der Waals surface area contributed by atoms with Gasteiger partial charge in [-0.15, -0.1) is 11.3 Å². The average Bonchev–Trinajstić information content (AvgIpc) is 3.01. The zero-order valence-corrected chi connectivity index (χ0v) is 18.6. The van der Waals surface area contributed by atoms with Gasteiger partial charge >= 0.3 is 0 Å². The Hall–Kier alpha value is -2.87. The van der Waals surface area contributed by atoms with Crippen molar-refractivity contribution in [2.24, 2.45) is 0 Å². The molecule has 0 aliphatic heterocycles. The highest BCUT2D eigenvalue weighted by Gasteiger charge is 2.14. The second-order valence-corrected chi connectivity index (χ2v) is 8.09. The molecule has 0 saturated carbocycles. The number of carbonyl (C=O) groups is 1. The van der Waals surface area contributed by atoms with Crippen molar-refractivity contribution in [3.05, 3.63) is 50.9 Å². The molecule has 0 spiro atoms. The highest BCUT2D eigenvalue weighted by atomic mass is 32.1. The fraction of sp³-hybridized carbons (Fsp3) is 0.409. The normalized spacial score (nSPS) is 10.9. The van der Waals surface area contributed by atoms with Crippen molar-refractivity contribution in [2.45, 2.75) is 40.7 Å². The van der Waals surface area contributed by atoms with Gasteiger partial charge in [0.2, 0.25) is 5.91 Å². The minimum Gasteiger partial charge on any atom is -0.490 e. The predicted octanol–water partition coefficient (Wildman–Crippen LogP) is 3.23. The highest BCUT2D eigenvalue weighted by Crippen LogP contribution is 2.28. The maximum absolute atomic E-state index is 12.7. The lowest BCUT2D eigenvalue weighted by Crippen LogP contribution is -2.33. The van der Waals surface area contributed by atoms with Crippen molar-refractivity contribution >= 4 is 27.5 Å². The van der Waals surface area contributed by atoms with Crippen molar-refractivity contribution in [1.29, 1.82) is 0 Å². The number of thiophene rings is 1. The van der Waals surface area contributed by atoms with Crippen molar-refractivity contribution in [1.82, 2.24) is 14.9 Å². The first kappa shape index (κ1) is 21.8. The van der Waals surface area contributed by atoms with Crippen LogP contribution in [-0.2, 0) is 17.8 Å². The molecule has 2 aromatic heterocycles. The Morgan fingerprint density at radius 2 is 1.90 bits per heavy atom. The molecule has 0 aliphatic carbocycles. The van der Waals surface area contributed by atoms with Crippen LogP contribution in [0.2, 0.25) is 0 Å². The quantitative estimate of drug-likeness (QED) is 0.565. The van der Waals surface area contributed by atoms with E-state index in [1.54, 1.807) is 0 Å². The highest BCUT2D eigenvalue weighted by molar-refractivity contribution is 7.18. The lowest BCUT2D eigenvalue weighted by Gasteiger charge is -2.13. The number of rotatable bonds is 9. The van der Waals surface area contributed by atoms with Crippen LogP contribution >= 0.6 is 11.3 Å². The molecule has 3 rings (SSSR count). The molecule has 0 radical (unpaired) electrons. The van der Waals surface area contributed by atoms with Crippen molar-refractivity contribution in [3.8, 4) is 11.5 Å². The Labute approximate surface area is 179 Å². The molecular weight excluding hydrogens is 402 g/mol. The molecule has 0 bridgehead atoms. The van der Waals surface area contributed by atoms with Crippen LogP contribution in [0.15, 0.2) is 29.3 Å². The number of fused-ring (bicyclic) bond motifs is 1. The average molecular weight is 430 g/mol. The molecule has 0 saturated heterocycles. The summed E-state index contributed by atoms with van der Waals surface area (Å²) in [6.45, 7) is 9.26. The number of hydrogen-bond donors (Lipinski definition) is 1. The van der Waals surface area contributed by atoms with Crippen LogP contribution in [0.3, 0.4) is 0 Å². The van der Waals surface area contributed by atoms with Gasteiger partial charge in [0.05, 0.1) is 24.9 Å². The number of amides is 1. The molecule has 1 N–H and O–H groups in total. The number of benzene rings is 1. The van der Waals surface area contributed by atoms with E-state index in [1.165, 1.54) is 22.2 Å². The van der Waals surface area contributed by atoms with E-state index in [-0.39, 0.29) is 18.0 Å². The zero-order valence-electron chi connectivity index (χ0n) is 17.8. The molecule has 0 unspecified atom stereocenters. The molecule has 160 valence electrons. The molecule has 3 aromatic rings. The van der Waals surface area contributed by atoms with Crippen molar-refractivity contribution in [3.63, 3.8) is 0 Å². The van der Waals surface area contributed by atoms with Gasteiger partial charge in [-0.3, -0.25) is 14.2 Å². The van der Waals surface area contributed by atoms with Crippen LogP contribution < -0.4 is 20.3 Å².